The quantitative estimate of drug-likeness (QED) is 0.696. The summed E-state index contributed by atoms with van der Waals surface area (Å²) in [6, 6.07) is 6.75. The van der Waals surface area contributed by atoms with Gasteiger partial charge in [-0.25, -0.2) is 0 Å². The Labute approximate surface area is 113 Å². The van der Waals surface area contributed by atoms with Crippen LogP contribution in [0.4, 0.5) is 0 Å². The Kier molecular flexibility index (Phi) is 5.28. The average molecular weight is 313 g/mol. The lowest BCUT2D eigenvalue weighted by Crippen LogP contribution is -2.26. The van der Waals surface area contributed by atoms with Crippen molar-refractivity contribution in [3.8, 4) is 6.07 Å². The molecule has 18 heavy (non-hydrogen) atoms. The van der Waals surface area contributed by atoms with E-state index in [-0.39, 0.29) is 6.42 Å². The molecule has 5 nitrogen and oxygen atoms in total. The van der Waals surface area contributed by atoms with Crippen LogP contribution in [-0.2, 0) is 10.1 Å². The van der Waals surface area contributed by atoms with Gasteiger partial charge < -0.3 is 15.9 Å². The van der Waals surface area contributed by atoms with E-state index in [4.69, 9.17) is 11.0 Å². The van der Waals surface area contributed by atoms with Gasteiger partial charge >= 0.3 is 0 Å². The third kappa shape index (κ3) is 3.53. The lowest BCUT2D eigenvalue weighted by molar-refractivity contribution is -0.121. The Balaban J connectivity index is 3.06. The van der Waals surface area contributed by atoms with Crippen LogP contribution in [0.5, 0.6) is 0 Å². The van der Waals surface area contributed by atoms with Crippen LogP contribution in [0.2, 0.25) is 0 Å². The molecule has 0 saturated heterocycles. The highest BCUT2D eigenvalue weighted by atomic mass is 79.9. The predicted molar refractivity (Wildman–Crippen MR) is 68.6 cm³/mol. The lowest BCUT2D eigenvalue weighted by Gasteiger charge is -2.19. The summed E-state index contributed by atoms with van der Waals surface area (Å²) >= 11 is 3.26. The van der Waals surface area contributed by atoms with Gasteiger partial charge in [0.2, 0.25) is 5.91 Å². The van der Waals surface area contributed by atoms with E-state index < -0.39 is 18.1 Å². The number of carbonyl (C=O) groups excluding carboxylic acids is 1. The average Bonchev–Trinajstić information content (AvgIpc) is 2.36. The Morgan fingerprint density at radius 1 is 1.50 bits per heavy atom. The molecule has 0 fully saturated rings. The summed E-state index contributed by atoms with van der Waals surface area (Å²) in [4.78, 5) is 10.7. The number of hydrogen-bond donors (Lipinski definition) is 3. The first kappa shape index (κ1) is 14.6. The number of hydrogen-bond acceptors (Lipinski definition) is 4. The summed E-state index contributed by atoms with van der Waals surface area (Å²) in [5.41, 5.74) is 6.50. The second kappa shape index (κ2) is 6.50. The van der Waals surface area contributed by atoms with E-state index in [0.29, 0.717) is 16.5 Å². The number of benzene rings is 1. The van der Waals surface area contributed by atoms with Crippen molar-refractivity contribution in [2.24, 2.45) is 5.73 Å². The van der Waals surface area contributed by atoms with Crippen LogP contribution < -0.4 is 5.73 Å². The molecular formula is C12H13BrN2O3. The maximum absolute atomic E-state index is 10.7. The zero-order chi connectivity index (χ0) is 13.7. The molecule has 4 N–H and O–H groups in total. The fraction of sp³-hybridized carbons (Fsp3) is 0.333. The van der Waals surface area contributed by atoms with Crippen LogP contribution in [0.1, 0.15) is 29.2 Å². The smallest absolute Gasteiger partial charge is 0.220 e. The molecule has 2 unspecified atom stereocenters. The fourth-order valence-electron chi connectivity index (χ4n) is 1.59. The first-order chi connectivity index (χ1) is 8.49. The van der Waals surface area contributed by atoms with Gasteiger partial charge in [-0.05, 0) is 23.3 Å². The topological polar surface area (TPSA) is 107 Å². The summed E-state index contributed by atoms with van der Waals surface area (Å²) < 4.78 is 0. The van der Waals surface area contributed by atoms with Crippen molar-refractivity contribution in [1.82, 2.24) is 0 Å². The van der Waals surface area contributed by atoms with Gasteiger partial charge in [-0.2, -0.15) is 5.26 Å². The van der Waals surface area contributed by atoms with Gasteiger partial charge in [0.25, 0.3) is 0 Å². The minimum Gasteiger partial charge on any atom is -0.390 e. The van der Waals surface area contributed by atoms with Crippen LogP contribution in [0, 0.1) is 11.3 Å². The normalized spacial score (nSPS) is 13.7. The van der Waals surface area contributed by atoms with E-state index in [1.807, 2.05) is 6.07 Å². The monoisotopic (exact) mass is 312 g/mol. The number of halogens is 1. The fourth-order valence-corrected chi connectivity index (χ4v) is 2.10. The molecule has 2 atom stereocenters. The van der Waals surface area contributed by atoms with E-state index in [9.17, 15) is 15.0 Å². The number of alkyl halides is 1. The number of nitrogens with zero attached hydrogens (tertiary/aromatic N) is 1. The van der Waals surface area contributed by atoms with Crippen molar-refractivity contribution in [2.75, 3.05) is 0 Å². The van der Waals surface area contributed by atoms with Gasteiger partial charge in [0.05, 0.1) is 24.2 Å². The molecule has 1 aromatic rings. The van der Waals surface area contributed by atoms with Crippen molar-refractivity contribution in [2.45, 2.75) is 24.0 Å². The summed E-state index contributed by atoms with van der Waals surface area (Å²) in [5, 5.41) is 28.9. The second-order valence-electron chi connectivity index (χ2n) is 3.84. The molecule has 0 aliphatic carbocycles. The molecule has 96 valence electrons. The standard InChI is InChI=1S/C12H13BrN2O3/c13-5-8-2-1-7(6-14)3-9(8)12(18)10(16)4-11(15)17/h1-3,10,12,16,18H,4-5H2,(H2,15,17). The molecule has 1 amide bonds. The number of amides is 1. The third-order valence-corrected chi connectivity index (χ3v) is 3.12. The Hall–Kier alpha value is -1.42. The first-order valence-corrected chi connectivity index (χ1v) is 6.35. The van der Waals surface area contributed by atoms with Gasteiger partial charge in [0.1, 0.15) is 6.10 Å². The van der Waals surface area contributed by atoms with Crippen molar-refractivity contribution in [3.63, 3.8) is 0 Å². The number of nitrogens with two attached hydrogens (primary N) is 1. The van der Waals surface area contributed by atoms with Crippen LogP contribution in [0.25, 0.3) is 0 Å². The highest BCUT2D eigenvalue weighted by Gasteiger charge is 2.22. The molecular weight excluding hydrogens is 300 g/mol. The van der Waals surface area contributed by atoms with Gasteiger partial charge in [-0.1, -0.05) is 22.0 Å². The maximum Gasteiger partial charge on any atom is 0.220 e. The molecule has 0 radical (unpaired) electrons. The van der Waals surface area contributed by atoms with Gasteiger partial charge in [0, 0.05) is 5.33 Å². The van der Waals surface area contributed by atoms with Crippen LogP contribution >= 0.6 is 15.9 Å². The van der Waals surface area contributed by atoms with E-state index >= 15 is 0 Å². The third-order valence-electron chi connectivity index (χ3n) is 2.51. The van der Waals surface area contributed by atoms with E-state index in [2.05, 4.69) is 15.9 Å². The molecule has 1 rings (SSSR count). The minimum absolute atomic E-state index is 0.334. The van der Waals surface area contributed by atoms with E-state index in [1.165, 1.54) is 6.07 Å². The highest BCUT2D eigenvalue weighted by Crippen LogP contribution is 2.25. The largest absolute Gasteiger partial charge is 0.390 e. The Bertz CT molecular complexity index is 485. The van der Waals surface area contributed by atoms with Crippen molar-refractivity contribution in [1.29, 1.82) is 5.26 Å². The number of aliphatic hydroxyl groups excluding tert-OH is 2. The second-order valence-corrected chi connectivity index (χ2v) is 4.40. The van der Waals surface area contributed by atoms with Crippen LogP contribution in [-0.4, -0.2) is 22.2 Å². The van der Waals surface area contributed by atoms with Crippen molar-refractivity contribution < 1.29 is 15.0 Å². The number of rotatable bonds is 5. The van der Waals surface area contributed by atoms with Gasteiger partial charge in [0.15, 0.2) is 0 Å². The van der Waals surface area contributed by atoms with Crippen LogP contribution in [0.15, 0.2) is 18.2 Å². The number of carbonyl (C=O) groups is 1. The zero-order valence-electron chi connectivity index (χ0n) is 9.51. The Morgan fingerprint density at radius 2 is 2.17 bits per heavy atom. The molecule has 0 spiro atoms. The molecule has 0 aliphatic rings. The van der Waals surface area contributed by atoms with E-state index in [1.54, 1.807) is 12.1 Å². The molecule has 0 saturated carbocycles. The summed E-state index contributed by atoms with van der Waals surface area (Å²) in [6.07, 6.45) is -2.87. The lowest BCUT2D eigenvalue weighted by atomic mass is 9.96. The number of aliphatic hydroxyl groups is 2. The SMILES string of the molecule is N#Cc1ccc(CBr)c(C(O)C(O)CC(N)=O)c1. The molecule has 0 bridgehead atoms. The summed E-state index contributed by atoms with van der Waals surface area (Å²) in [7, 11) is 0. The molecule has 0 aromatic heterocycles. The first-order valence-electron chi connectivity index (χ1n) is 5.23. The summed E-state index contributed by atoms with van der Waals surface area (Å²) in [6.45, 7) is 0. The van der Waals surface area contributed by atoms with Gasteiger partial charge in [-0.15, -0.1) is 0 Å². The maximum atomic E-state index is 10.7. The minimum atomic E-state index is -1.28. The van der Waals surface area contributed by atoms with Gasteiger partial charge in [-0.3, -0.25) is 4.79 Å². The van der Waals surface area contributed by atoms with Crippen LogP contribution in [0.3, 0.4) is 0 Å². The summed E-state index contributed by atoms with van der Waals surface area (Å²) in [5.74, 6) is -0.696. The van der Waals surface area contributed by atoms with E-state index in [0.717, 1.165) is 5.56 Å². The number of primary amides is 1. The molecule has 1 aromatic carbocycles. The zero-order valence-corrected chi connectivity index (χ0v) is 11.1. The highest BCUT2D eigenvalue weighted by molar-refractivity contribution is 9.08. The predicted octanol–water partition coefficient (Wildman–Crippen LogP) is 0.723. The Morgan fingerprint density at radius 3 is 2.67 bits per heavy atom. The van der Waals surface area contributed by atoms with Crippen molar-refractivity contribution in [3.05, 3.63) is 34.9 Å². The van der Waals surface area contributed by atoms with Crippen molar-refractivity contribution >= 4 is 21.8 Å². The number of nitriles is 1. The molecule has 0 aliphatic heterocycles. The molecule has 6 heteroatoms. The molecule has 0 heterocycles.